The summed E-state index contributed by atoms with van der Waals surface area (Å²) >= 11 is 0.875. The highest BCUT2D eigenvalue weighted by Crippen LogP contribution is 2.35. The molecular formula is C21H23F2N7OS. The van der Waals surface area contributed by atoms with Gasteiger partial charge in [-0.15, -0.1) is 0 Å². The highest BCUT2D eigenvalue weighted by atomic mass is 32.1. The zero-order valence-corrected chi connectivity index (χ0v) is 18.1. The van der Waals surface area contributed by atoms with E-state index in [9.17, 15) is 13.6 Å². The third kappa shape index (κ3) is 3.82. The molecule has 1 saturated heterocycles. The molecule has 1 amide bonds. The summed E-state index contributed by atoms with van der Waals surface area (Å²) in [4.78, 5) is 19.3. The van der Waals surface area contributed by atoms with Gasteiger partial charge in [-0.3, -0.25) is 4.79 Å². The van der Waals surface area contributed by atoms with Crippen LogP contribution in [0.5, 0.6) is 0 Å². The molecular weight excluding hydrogens is 436 g/mol. The van der Waals surface area contributed by atoms with Gasteiger partial charge in [-0.2, -0.15) is 5.10 Å². The molecule has 4 heterocycles. The minimum absolute atomic E-state index is 0.0241. The number of hydrogen-bond donors (Lipinski definition) is 3. The maximum atomic E-state index is 14.1. The number of anilines is 3. The van der Waals surface area contributed by atoms with E-state index in [2.05, 4.69) is 25.6 Å². The van der Waals surface area contributed by atoms with Gasteiger partial charge in [0.1, 0.15) is 27.3 Å². The first-order chi connectivity index (χ1) is 15.5. The van der Waals surface area contributed by atoms with Crippen LogP contribution >= 0.6 is 11.3 Å². The Morgan fingerprint density at radius 1 is 1.25 bits per heavy atom. The number of halogens is 2. The maximum absolute atomic E-state index is 14.1. The van der Waals surface area contributed by atoms with E-state index >= 15 is 0 Å². The molecule has 168 valence electrons. The number of carbonyl (C=O) groups excluding carboxylic acids is 1. The minimum Gasteiger partial charge on any atom is -0.389 e. The second-order valence-electron chi connectivity index (χ2n) is 8.03. The van der Waals surface area contributed by atoms with Crippen molar-refractivity contribution in [2.45, 2.75) is 19.4 Å². The van der Waals surface area contributed by atoms with Crippen LogP contribution in [0.3, 0.4) is 0 Å². The first kappa shape index (κ1) is 20.8. The van der Waals surface area contributed by atoms with E-state index in [0.29, 0.717) is 11.6 Å². The number of aromatic nitrogens is 3. The Labute approximate surface area is 187 Å². The zero-order valence-electron chi connectivity index (χ0n) is 17.3. The molecule has 2 aliphatic heterocycles. The number of nitrogens with one attached hydrogen (secondary N) is 2. The standard InChI is InChI=1S/C21H23F2N7OS/c22-13-2-1-3-14(23)16(13)20-28-17(18(24)32-20)19(31)27-15-10-26-30-9-8-29(21(15)30)11-12-4-6-25-7-5-12/h1-3,10,12,25H,4-9,11,24H2,(H,27,31). The van der Waals surface area contributed by atoms with E-state index < -0.39 is 17.5 Å². The smallest absolute Gasteiger partial charge is 0.277 e. The van der Waals surface area contributed by atoms with Gasteiger partial charge in [0.25, 0.3) is 5.91 Å². The number of nitrogens with two attached hydrogens (primary N) is 1. The van der Waals surface area contributed by atoms with E-state index in [1.54, 1.807) is 6.20 Å². The lowest BCUT2D eigenvalue weighted by Gasteiger charge is -2.28. The number of fused-ring (bicyclic) bond motifs is 1. The summed E-state index contributed by atoms with van der Waals surface area (Å²) < 4.78 is 30.1. The second kappa shape index (κ2) is 8.47. The number of hydrogen-bond acceptors (Lipinski definition) is 7. The fourth-order valence-corrected chi connectivity index (χ4v) is 5.20. The molecule has 0 radical (unpaired) electrons. The van der Waals surface area contributed by atoms with Gasteiger partial charge in [0.2, 0.25) is 0 Å². The second-order valence-corrected chi connectivity index (χ2v) is 9.06. The summed E-state index contributed by atoms with van der Waals surface area (Å²) in [6.45, 7) is 4.55. The highest BCUT2D eigenvalue weighted by molar-refractivity contribution is 7.19. The molecule has 3 aromatic rings. The number of piperidine rings is 1. The van der Waals surface area contributed by atoms with Crippen molar-refractivity contribution in [2.75, 3.05) is 42.1 Å². The van der Waals surface area contributed by atoms with Crippen LogP contribution in [0.1, 0.15) is 23.3 Å². The van der Waals surface area contributed by atoms with Crippen molar-refractivity contribution < 1.29 is 13.6 Å². The quantitative estimate of drug-likeness (QED) is 0.542. The fourth-order valence-electron chi connectivity index (χ4n) is 4.32. The van der Waals surface area contributed by atoms with Crippen LogP contribution in [0.4, 0.5) is 25.3 Å². The third-order valence-electron chi connectivity index (χ3n) is 5.92. The Bertz CT molecular complexity index is 1130. The molecule has 0 unspecified atom stereocenters. The molecule has 2 aliphatic rings. The molecule has 2 aromatic heterocycles. The number of rotatable bonds is 5. The number of nitrogen functional groups attached to an aromatic ring is 1. The third-order valence-corrected chi connectivity index (χ3v) is 6.83. The normalized spacial score (nSPS) is 16.4. The lowest BCUT2D eigenvalue weighted by atomic mass is 9.97. The predicted molar refractivity (Wildman–Crippen MR) is 120 cm³/mol. The van der Waals surface area contributed by atoms with Crippen molar-refractivity contribution in [3.8, 4) is 10.6 Å². The van der Waals surface area contributed by atoms with Gasteiger partial charge in [0.05, 0.1) is 18.3 Å². The molecule has 0 atom stereocenters. The first-order valence-corrected chi connectivity index (χ1v) is 11.4. The Kier molecular flexibility index (Phi) is 5.51. The van der Waals surface area contributed by atoms with Gasteiger partial charge in [0, 0.05) is 13.1 Å². The number of carbonyl (C=O) groups is 1. The molecule has 0 bridgehead atoms. The van der Waals surface area contributed by atoms with Gasteiger partial charge >= 0.3 is 0 Å². The summed E-state index contributed by atoms with van der Waals surface area (Å²) in [7, 11) is 0. The zero-order chi connectivity index (χ0) is 22.2. The van der Waals surface area contributed by atoms with Crippen molar-refractivity contribution in [3.05, 3.63) is 41.7 Å². The fraction of sp³-hybridized carbons (Fsp3) is 0.381. The van der Waals surface area contributed by atoms with E-state index in [0.717, 1.165) is 74.9 Å². The lowest BCUT2D eigenvalue weighted by molar-refractivity contribution is 0.102. The van der Waals surface area contributed by atoms with Gasteiger partial charge < -0.3 is 21.3 Å². The largest absolute Gasteiger partial charge is 0.389 e. The Hall–Kier alpha value is -3.05. The summed E-state index contributed by atoms with van der Waals surface area (Å²) in [5.41, 5.74) is 6.21. The molecule has 0 spiro atoms. The van der Waals surface area contributed by atoms with Gasteiger partial charge in [0.15, 0.2) is 11.5 Å². The summed E-state index contributed by atoms with van der Waals surface area (Å²) in [5, 5.41) is 10.7. The number of nitrogens with zero attached hydrogens (tertiary/aromatic N) is 4. The van der Waals surface area contributed by atoms with Crippen LogP contribution in [0.2, 0.25) is 0 Å². The molecule has 5 rings (SSSR count). The lowest BCUT2D eigenvalue weighted by Crippen LogP contribution is -2.35. The molecule has 8 nitrogen and oxygen atoms in total. The molecule has 32 heavy (non-hydrogen) atoms. The van der Waals surface area contributed by atoms with Crippen LogP contribution in [0.25, 0.3) is 10.6 Å². The maximum Gasteiger partial charge on any atom is 0.277 e. The summed E-state index contributed by atoms with van der Waals surface area (Å²) in [6, 6.07) is 3.56. The Morgan fingerprint density at radius 3 is 2.75 bits per heavy atom. The van der Waals surface area contributed by atoms with Gasteiger partial charge in [-0.25, -0.2) is 18.4 Å². The summed E-state index contributed by atoms with van der Waals surface area (Å²) in [5.74, 6) is -0.589. The van der Waals surface area contributed by atoms with Gasteiger partial charge in [-0.1, -0.05) is 17.4 Å². The predicted octanol–water partition coefficient (Wildman–Crippen LogP) is 2.94. The number of thiazole rings is 1. The number of amides is 1. The van der Waals surface area contributed by atoms with Crippen LogP contribution in [-0.4, -0.2) is 46.9 Å². The monoisotopic (exact) mass is 459 g/mol. The van der Waals surface area contributed by atoms with E-state index in [-0.39, 0.29) is 21.3 Å². The van der Waals surface area contributed by atoms with Crippen molar-refractivity contribution in [2.24, 2.45) is 5.92 Å². The average molecular weight is 460 g/mol. The van der Waals surface area contributed by atoms with Crippen LogP contribution in [0, 0.1) is 17.6 Å². The van der Waals surface area contributed by atoms with Crippen molar-refractivity contribution in [1.82, 2.24) is 20.1 Å². The van der Waals surface area contributed by atoms with E-state index in [1.807, 2.05) is 4.68 Å². The molecule has 1 aromatic carbocycles. The van der Waals surface area contributed by atoms with Gasteiger partial charge in [-0.05, 0) is 44.0 Å². The molecule has 1 fully saturated rings. The van der Waals surface area contributed by atoms with Crippen LogP contribution < -0.4 is 21.3 Å². The Morgan fingerprint density at radius 2 is 2.00 bits per heavy atom. The molecule has 0 saturated carbocycles. The highest BCUT2D eigenvalue weighted by Gasteiger charge is 2.29. The molecule has 4 N–H and O–H groups in total. The topological polar surface area (TPSA) is 101 Å². The van der Waals surface area contributed by atoms with Crippen molar-refractivity contribution in [1.29, 1.82) is 0 Å². The SMILES string of the molecule is Nc1sc(-c2c(F)cccc2F)nc1C(=O)Nc1cnn2c1N(CC1CCNCC1)CC2. The van der Waals surface area contributed by atoms with E-state index in [1.165, 1.54) is 6.07 Å². The van der Waals surface area contributed by atoms with E-state index in [4.69, 9.17) is 5.73 Å². The number of benzene rings is 1. The van der Waals surface area contributed by atoms with Crippen molar-refractivity contribution >= 4 is 33.8 Å². The first-order valence-electron chi connectivity index (χ1n) is 10.5. The Balaban J connectivity index is 1.36. The minimum atomic E-state index is -0.756. The molecule has 11 heteroatoms. The van der Waals surface area contributed by atoms with Crippen LogP contribution in [-0.2, 0) is 6.54 Å². The van der Waals surface area contributed by atoms with Crippen LogP contribution in [0.15, 0.2) is 24.4 Å². The summed E-state index contributed by atoms with van der Waals surface area (Å²) in [6.07, 6.45) is 3.86. The van der Waals surface area contributed by atoms with Crippen molar-refractivity contribution in [3.63, 3.8) is 0 Å². The average Bonchev–Trinajstić information content (AvgIpc) is 3.46. The molecule has 0 aliphatic carbocycles.